The molecule has 0 spiro atoms. The second-order valence-corrected chi connectivity index (χ2v) is 11.9. The molecule has 2 amide bonds. The number of rotatable bonds is 10. The predicted molar refractivity (Wildman–Crippen MR) is 145 cm³/mol. The lowest BCUT2D eigenvalue weighted by Gasteiger charge is -2.33. The molecule has 0 radical (unpaired) electrons. The summed E-state index contributed by atoms with van der Waals surface area (Å²) in [5, 5.41) is 3.68. The van der Waals surface area contributed by atoms with Gasteiger partial charge in [0, 0.05) is 17.6 Å². The van der Waals surface area contributed by atoms with Crippen LogP contribution in [-0.4, -0.2) is 50.0 Å². The Morgan fingerprint density at radius 1 is 1.08 bits per heavy atom. The van der Waals surface area contributed by atoms with Crippen LogP contribution in [0.4, 0.5) is 5.69 Å². The van der Waals surface area contributed by atoms with E-state index in [1.807, 2.05) is 39.0 Å². The SMILES string of the molecule is CC[C@H](C(=O)NC1CCCC1)N(Cc1ccc(Cl)cc1)C(=O)CN(c1cccc(C)c1C)S(C)(=O)=O. The summed E-state index contributed by atoms with van der Waals surface area (Å²) in [5.74, 6) is -0.644. The highest BCUT2D eigenvalue weighted by Crippen LogP contribution is 2.26. The van der Waals surface area contributed by atoms with Crippen LogP contribution in [0.15, 0.2) is 42.5 Å². The minimum atomic E-state index is -3.77. The first kappa shape index (κ1) is 28.0. The fourth-order valence-electron chi connectivity index (χ4n) is 4.67. The number of nitrogens with one attached hydrogen (secondary N) is 1. The quantitative estimate of drug-likeness (QED) is 0.484. The fraction of sp³-hybridized carbons (Fsp3) is 0.481. The van der Waals surface area contributed by atoms with Crippen LogP contribution in [0.3, 0.4) is 0 Å². The Bertz CT molecular complexity index is 1180. The van der Waals surface area contributed by atoms with Crippen molar-refractivity contribution in [2.24, 2.45) is 0 Å². The molecule has 0 aromatic heterocycles. The average molecular weight is 534 g/mol. The van der Waals surface area contributed by atoms with Crippen LogP contribution in [0.2, 0.25) is 5.02 Å². The first-order valence-electron chi connectivity index (χ1n) is 12.4. The largest absolute Gasteiger partial charge is 0.352 e. The van der Waals surface area contributed by atoms with Gasteiger partial charge in [-0.25, -0.2) is 8.42 Å². The summed E-state index contributed by atoms with van der Waals surface area (Å²) in [4.78, 5) is 28.6. The summed E-state index contributed by atoms with van der Waals surface area (Å²) >= 11 is 6.04. The van der Waals surface area contributed by atoms with Gasteiger partial charge in [-0.2, -0.15) is 0 Å². The maximum Gasteiger partial charge on any atom is 0.244 e. The van der Waals surface area contributed by atoms with E-state index in [1.54, 1.807) is 24.3 Å². The number of hydrogen-bond donors (Lipinski definition) is 1. The molecule has 36 heavy (non-hydrogen) atoms. The third-order valence-corrected chi connectivity index (χ3v) is 8.26. The monoisotopic (exact) mass is 533 g/mol. The average Bonchev–Trinajstić information content (AvgIpc) is 3.33. The van der Waals surface area contributed by atoms with Crippen LogP contribution < -0.4 is 9.62 Å². The van der Waals surface area contributed by atoms with Crippen LogP contribution in [0, 0.1) is 13.8 Å². The zero-order chi connectivity index (χ0) is 26.5. The van der Waals surface area contributed by atoms with Gasteiger partial charge in [-0.05, 0) is 68.0 Å². The normalized spacial score (nSPS) is 14.9. The molecule has 0 aliphatic heterocycles. The number of hydrogen-bond acceptors (Lipinski definition) is 4. The fourth-order valence-corrected chi connectivity index (χ4v) is 5.70. The Kier molecular flexibility index (Phi) is 9.41. The maximum absolute atomic E-state index is 13.8. The lowest BCUT2D eigenvalue weighted by atomic mass is 10.1. The number of carbonyl (C=O) groups is 2. The second-order valence-electron chi connectivity index (χ2n) is 9.55. The molecule has 0 heterocycles. The summed E-state index contributed by atoms with van der Waals surface area (Å²) in [6.07, 6.45) is 5.52. The van der Waals surface area contributed by atoms with E-state index in [4.69, 9.17) is 11.6 Å². The van der Waals surface area contributed by atoms with Crippen molar-refractivity contribution < 1.29 is 18.0 Å². The molecular formula is C27H36ClN3O4S. The Labute approximate surface area is 219 Å². The topological polar surface area (TPSA) is 86.8 Å². The first-order valence-corrected chi connectivity index (χ1v) is 14.6. The minimum absolute atomic E-state index is 0.112. The number of carbonyl (C=O) groups excluding carboxylic acids is 2. The molecule has 1 saturated carbocycles. The van der Waals surface area contributed by atoms with Gasteiger partial charge in [-0.3, -0.25) is 13.9 Å². The molecule has 9 heteroatoms. The standard InChI is InChI=1S/C27H36ClN3O4S/c1-5-24(27(33)29-23-10-6-7-11-23)30(17-21-13-15-22(28)16-14-21)26(32)18-31(36(4,34)35)25-12-8-9-19(2)20(25)3/h8-9,12-16,23-24H,5-7,10-11,17-18H2,1-4H3,(H,29,33)/t24-/m1/s1. The maximum atomic E-state index is 13.8. The molecule has 1 aliphatic rings. The zero-order valence-electron chi connectivity index (χ0n) is 21.5. The lowest BCUT2D eigenvalue weighted by molar-refractivity contribution is -0.140. The molecule has 0 bridgehead atoms. The summed E-state index contributed by atoms with van der Waals surface area (Å²) < 4.78 is 26.8. The Hall–Kier alpha value is -2.58. The van der Waals surface area contributed by atoms with E-state index in [2.05, 4.69) is 5.32 Å². The predicted octanol–water partition coefficient (Wildman–Crippen LogP) is 4.59. The van der Waals surface area contributed by atoms with Gasteiger partial charge in [0.2, 0.25) is 21.8 Å². The Morgan fingerprint density at radius 2 is 1.72 bits per heavy atom. The van der Waals surface area contributed by atoms with Gasteiger partial charge >= 0.3 is 0 Å². The van der Waals surface area contributed by atoms with Crippen molar-refractivity contribution in [2.75, 3.05) is 17.1 Å². The highest BCUT2D eigenvalue weighted by atomic mass is 35.5. The van der Waals surface area contributed by atoms with Gasteiger partial charge in [0.15, 0.2) is 0 Å². The summed E-state index contributed by atoms with van der Waals surface area (Å²) in [6.45, 7) is 5.36. The van der Waals surface area contributed by atoms with E-state index in [-0.39, 0.29) is 18.5 Å². The highest BCUT2D eigenvalue weighted by Gasteiger charge is 2.33. The van der Waals surface area contributed by atoms with Crippen molar-refractivity contribution in [2.45, 2.75) is 71.5 Å². The molecule has 2 aromatic rings. The highest BCUT2D eigenvalue weighted by molar-refractivity contribution is 7.92. The molecule has 2 aromatic carbocycles. The van der Waals surface area contributed by atoms with Gasteiger partial charge in [-0.15, -0.1) is 0 Å². The molecule has 0 unspecified atom stereocenters. The molecule has 7 nitrogen and oxygen atoms in total. The van der Waals surface area contributed by atoms with Crippen LogP contribution in [0.25, 0.3) is 0 Å². The summed E-state index contributed by atoms with van der Waals surface area (Å²) in [5.41, 5.74) is 2.97. The molecule has 1 atom stereocenters. The smallest absolute Gasteiger partial charge is 0.244 e. The van der Waals surface area contributed by atoms with E-state index in [0.717, 1.165) is 52.9 Å². The van der Waals surface area contributed by atoms with E-state index in [1.165, 1.54) is 4.90 Å². The number of halogens is 1. The van der Waals surface area contributed by atoms with Crippen molar-refractivity contribution in [3.63, 3.8) is 0 Å². The number of benzene rings is 2. The number of anilines is 1. The molecule has 1 N–H and O–H groups in total. The molecule has 3 rings (SSSR count). The van der Waals surface area contributed by atoms with Gasteiger partial charge < -0.3 is 10.2 Å². The first-order chi connectivity index (χ1) is 17.0. The van der Waals surface area contributed by atoms with Crippen LogP contribution >= 0.6 is 11.6 Å². The van der Waals surface area contributed by atoms with Crippen molar-refractivity contribution in [1.82, 2.24) is 10.2 Å². The van der Waals surface area contributed by atoms with Crippen molar-refractivity contribution in [3.05, 3.63) is 64.2 Å². The van der Waals surface area contributed by atoms with Gasteiger partial charge in [0.1, 0.15) is 12.6 Å². The third kappa shape index (κ3) is 7.01. The molecule has 0 saturated heterocycles. The Morgan fingerprint density at radius 3 is 2.31 bits per heavy atom. The van der Waals surface area contributed by atoms with Gasteiger partial charge in [0.05, 0.1) is 11.9 Å². The van der Waals surface area contributed by atoms with E-state index >= 15 is 0 Å². The number of aryl methyl sites for hydroxylation is 1. The van der Waals surface area contributed by atoms with Gasteiger partial charge in [-0.1, -0.05) is 55.6 Å². The third-order valence-electron chi connectivity index (χ3n) is 6.88. The van der Waals surface area contributed by atoms with E-state index in [9.17, 15) is 18.0 Å². The number of amides is 2. The van der Waals surface area contributed by atoms with E-state index in [0.29, 0.717) is 17.1 Å². The number of sulfonamides is 1. The van der Waals surface area contributed by atoms with Crippen molar-refractivity contribution >= 4 is 39.1 Å². The minimum Gasteiger partial charge on any atom is -0.352 e. The van der Waals surface area contributed by atoms with Crippen molar-refractivity contribution in [3.8, 4) is 0 Å². The molecular weight excluding hydrogens is 498 g/mol. The van der Waals surface area contributed by atoms with Gasteiger partial charge in [0.25, 0.3) is 0 Å². The van der Waals surface area contributed by atoms with E-state index < -0.39 is 28.5 Å². The zero-order valence-corrected chi connectivity index (χ0v) is 23.0. The van der Waals surface area contributed by atoms with Crippen LogP contribution in [0.1, 0.15) is 55.7 Å². The van der Waals surface area contributed by atoms with Crippen molar-refractivity contribution in [1.29, 1.82) is 0 Å². The summed E-state index contributed by atoms with van der Waals surface area (Å²) in [7, 11) is -3.77. The molecule has 1 aliphatic carbocycles. The summed E-state index contributed by atoms with van der Waals surface area (Å²) in [6, 6.07) is 11.8. The lowest BCUT2D eigenvalue weighted by Crippen LogP contribution is -2.53. The molecule has 1 fully saturated rings. The van der Waals surface area contributed by atoms with Crippen LogP contribution in [0.5, 0.6) is 0 Å². The molecule has 196 valence electrons. The number of nitrogens with zero attached hydrogens (tertiary/aromatic N) is 2. The Balaban J connectivity index is 1.94. The van der Waals surface area contributed by atoms with Crippen LogP contribution in [-0.2, 0) is 26.2 Å². The second kappa shape index (κ2) is 12.1.